The molecule has 0 spiro atoms. The Morgan fingerprint density at radius 3 is 1.86 bits per heavy atom. The summed E-state index contributed by atoms with van der Waals surface area (Å²) in [4.78, 5) is 16.0. The second-order valence-corrected chi connectivity index (χ2v) is 14.4. The summed E-state index contributed by atoms with van der Waals surface area (Å²) in [6.45, 7) is 0. The Morgan fingerprint density at radius 1 is 0.357 bits per heavy atom. The van der Waals surface area contributed by atoms with Crippen LogP contribution in [-0.4, -0.2) is 19.5 Å². The first-order valence-corrected chi connectivity index (χ1v) is 18.8. The van der Waals surface area contributed by atoms with E-state index in [0.717, 1.165) is 71.4 Å². The maximum atomic E-state index is 6.40. The van der Waals surface area contributed by atoms with Crippen LogP contribution in [0.15, 0.2) is 186 Å². The van der Waals surface area contributed by atoms with Crippen LogP contribution in [0.5, 0.6) is 0 Å². The first-order chi connectivity index (χ1) is 27.7. The first kappa shape index (κ1) is 30.8. The van der Waals surface area contributed by atoms with Crippen LogP contribution >= 0.6 is 0 Å². The summed E-state index contributed by atoms with van der Waals surface area (Å²) >= 11 is 0. The smallest absolute Gasteiger partial charge is 0.238 e. The Morgan fingerprint density at radius 2 is 1.02 bits per heavy atom. The van der Waals surface area contributed by atoms with Crippen LogP contribution in [0.3, 0.4) is 0 Å². The van der Waals surface area contributed by atoms with Gasteiger partial charge in [0, 0.05) is 32.7 Å². The zero-order chi connectivity index (χ0) is 36.7. The largest absolute Gasteiger partial charge is 0.456 e. The minimum Gasteiger partial charge on any atom is -0.456 e. The van der Waals surface area contributed by atoms with E-state index in [1.54, 1.807) is 0 Å². The maximum Gasteiger partial charge on any atom is 0.238 e. The molecule has 260 valence electrons. The number of fused-ring (bicyclic) bond motifs is 10. The summed E-state index contributed by atoms with van der Waals surface area (Å²) in [5.74, 6) is 1.75. The normalized spacial score (nSPS) is 11.9. The van der Waals surface area contributed by atoms with Crippen molar-refractivity contribution in [1.29, 1.82) is 0 Å². The predicted octanol–water partition coefficient (Wildman–Crippen LogP) is 13.3. The number of rotatable bonds is 4. The van der Waals surface area contributed by atoms with Crippen LogP contribution in [0.2, 0.25) is 0 Å². The van der Waals surface area contributed by atoms with Gasteiger partial charge in [-0.05, 0) is 98.0 Å². The van der Waals surface area contributed by atoms with Gasteiger partial charge in [0.15, 0.2) is 11.6 Å². The monoisotopic (exact) mass is 714 g/mol. The van der Waals surface area contributed by atoms with Gasteiger partial charge >= 0.3 is 0 Å². The minimum absolute atomic E-state index is 0.559. The summed E-state index contributed by atoms with van der Waals surface area (Å²) in [6, 6.07) is 64.0. The quantitative estimate of drug-likeness (QED) is 0.182. The lowest BCUT2D eigenvalue weighted by Gasteiger charge is -2.13. The van der Waals surface area contributed by atoms with E-state index in [9.17, 15) is 0 Å². The lowest BCUT2D eigenvalue weighted by molar-refractivity contribution is 0.669. The standard InChI is InChI=1S/C51H30N4O/c1-2-12-31(13-3-1)41-29-37(26-35-17-7-8-18-38(35)41)50-52-49(36-23-25-46-42(28-36)43-27-33-15-4-5-16-34(33)30-47(43)56-46)53-51(54-50)55-44-21-11-10-20-40(44)48-39-19-9-6-14-32(39)22-24-45(48)55/h1-30H. The van der Waals surface area contributed by atoms with Gasteiger partial charge < -0.3 is 4.42 Å². The van der Waals surface area contributed by atoms with Crippen molar-refractivity contribution in [3.63, 3.8) is 0 Å². The average Bonchev–Trinajstić information content (AvgIpc) is 3.80. The number of nitrogens with zero attached hydrogens (tertiary/aromatic N) is 4. The van der Waals surface area contributed by atoms with Crippen LogP contribution < -0.4 is 0 Å². The molecule has 12 rings (SSSR count). The van der Waals surface area contributed by atoms with Gasteiger partial charge in [-0.2, -0.15) is 9.97 Å². The predicted molar refractivity (Wildman–Crippen MR) is 230 cm³/mol. The highest BCUT2D eigenvalue weighted by Gasteiger charge is 2.21. The van der Waals surface area contributed by atoms with Crippen molar-refractivity contribution < 1.29 is 4.42 Å². The number of para-hydroxylation sites is 1. The molecule has 5 heteroatoms. The molecule has 3 heterocycles. The molecule has 0 radical (unpaired) electrons. The molecule has 0 saturated carbocycles. The Kier molecular flexibility index (Phi) is 6.56. The molecule has 0 N–H and O–H groups in total. The third-order valence-electron chi connectivity index (χ3n) is 11.2. The van der Waals surface area contributed by atoms with Crippen molar-refractivity contribution in [3.05, 3.63) is 182 Å². The van der Waals surface area contributed by atoms with Crippen LogP contribution in [0.25, 0.3) is 116 Å². The molecule has 0 unspecified atom stereocenters. The Balaban J connectivity index is 1.15. The van der Waals surface area contributed by atoms with Gasteiger partial charge in [0.2, 0.25) is 5.95 Å². The van der Waals surface area contributed by atoms with E-state index >= 15 is 0 Å². The van der Waals surface area contributed by atoms with Crippen molar-refractivity contribution in [3.8, 4) is 39.9 Å². The van der Waals surface area contributed by atoms with Gasteiger partial charge in [-0.25, -0.2) is 4.98 Å². The van der Waals surface area contributed by atoms with Crippen LogP contribution in [0, 0.1) is 0 Å². The number of hydrogen-bond acceptors (Lipinski definition) is 4. The van der Waals surface area contributed by atoms with Gasteiger partial charge in [0.1, 0.15) is 11.2 Å². The molecule has 0 fully saturated rings. The van der Waals surface area contributed by atoms with Crippen molar-refractivity contribution in [1.82, 2.24) is 19.5 Å². The third-order valence-corrected chi connectivity index (χ3v) is 11.2. The lowest BCUT2D eigenvalue weighted by atomic mass is 9.95. The molecule has 12 aromatic rings. The molecule has 3 aromatic heterocycles. The van der Waals surface area contributed by atoms with E-state index in [4.69, 9.17) is 19.4 Å². The van der Waals surface area contributed by atoms with Gasteiger partial charge in [0.25, 0.3) is 0 Å². The molecule has 0 bridgehead atoms. The van der Waals surface area contributed by atoms with E-state index in [1.165, 1.54) is 26.9 Å². The van der Waals surface area contributed by atoms with Crippen molar-refractivity contribution in [2.45, 2.75) is 0 Å². The highest BCUT2D eigenvalue weighted by molar-refractivity contribution is 6.21. The van der Waals surface area contributed by atoms with Gasteiger partial charge in [-0.3, -0.25) is 4.57 Å². The van der Waals surface area contributed by atoms with Crippen molar-refractivity contribution in [2.24, 2.45) is 0 Å². The van der Waals surface area contributed by atoms with Gasteiger partial charge in [-0.15, -0.1) is 0 Å². The van der Waals surface area contributed by atoms with Gasteiger partial charge in [-0.1, -0.05) is 127 Å². The fourth-order valence-corrected chi connectivity index (χ4v) is 8.58. The molecular weight excluding hydrogens is 685 g/mol. The molecule has 0 amide bonds. The summed E-state index contributed by atoms with van der Waals surface area (Å²) in [7, 11) is 0. The first-order valence-electron chi connectivity index (χ1n) is 18.8. The second kappa shape index (κ2) is 11.9. The molecule has 0 aliphatic carbocycles. The molecule has 0 atom stereocenters. The summed E-state index contributed by atoms with van der Waals surface area (Å²) in [5.41, 5.74) is 7.82. The summed E-state index contributed by atoms with van der Waals surface area (Å²) in [5, 5.41) is 11.4. The Labute approximate surface area is 320 Å². The Hall–Kier alpha value is -7.63. The fraction of sp³-hybridized carbons (Fsp3) is 0. The number of aromatic nitrogens is 4. The summed E-state index contributed by atoms with van der Waals surface area (Å²) < 4.78 is 8.59. The van der Waals surface area contributed by atoms with E-state index in [2.05, 4.69) is 180 Å². The molecular formula is C51H30N4O. The Bertz CT molecular complexity index is 3540. The van der Waals surface area contributed by atoms with Crippen LogP contribution in [0.1, 0.15) is 0 Å². The van der Waals surface area contributed by atoms with E-state index in [-0.39, 0.29) is 0 Å². The third kappa shape index (κ3) is 4.71. The SMILES string of the molecule is c1ccc(-c2cc(-c3nc(-c4ccc5oc6cc7ccccc7cc6c5c4)nc(-n4c5ccccc5c5c6ccccc6ccc54)n3)cc3ccccc23)cc1. The maximum absolute atomic E-state index is 6.40. The number of hydrogen-bond donors (Lipinski definition) is 0. The number of benzene rings is 9. The highest BCUT2D eigenvalue weighted by atomic mass is 16.3. The van der Waals surface area contributed by atoms with E-state index in [0.29, 0.717) is 17.6 Å². The highest BCUT2D eigenvalue weighted by Crippen LogP contribution is 2.39. The zero-order valence-electron chi connectivity index (χ0n) is 30.0. The second-order valence-electron chi connectivity index (χ2n) is 14.4. The fourth-order valence-electron chi connectivity index (χ4n) is 8.58. The van der Waals surface area contributed by atoms with Crippen molar-refractivity contribution >= 4 is 76.1 Å². The zero-order valence-corrected chi connectivity index (χ0v) is 30.0. The minimum atomic E-state index is 0.559. The lowest BCUT2D eigenvalue weighted by Crippen LogP contribution is -2.06. The van der Waals surface area contributed by atoms with Crippen LogP contribution in [0.4, 0.5) is 0 Å². The van der Waals surface area contributed by atoms with E-state index in [1.807, 2.05) is 6.07 Å². The number of furan rings is 1. The topological polar surface area (TPSA) is 56.7 Å². The average molecular weight is 715 g/mol. The van der Waals surface area contributed by atoms with Gasteiger partial charge in [0.05, 0.1) is 11.0 Å². The van der Waals surface area contributed by atoms with E-state index < -0.39 is 0 Å². The van der Waals surface area contributed by atoms with Crippen LogP contribution in [-0.2, 0) is 0 Å². The molecule has 5 nitrogen and oxygen atoms in total. The molecule has 9 aromatic carbocycles. The molecule has 0 saturated heterocycles. The van der Waals surface area contributed by atoms with Crippen molar-refractivity contribution in [2.75, 3.05) is 0 Å². The summed E-state index contributed by atoms with van der Waals surface area (Å²) in [6.07, 6.45) is 0. The molecule has 0 aliphatic rings. The molecule has 56 heavy (non-hydrogen) atoms. The molecule has 0 aliphatic heterocycles.